The Morgan fingerprint density at radius 1 is 1.19 bits per heavy atom. The number of methoxy groups -OCH3 is 1. The molecule has 0 fully saturated rings. The molecule has 0 spiro atoms. The molecule has 2 aromatic carbocycles. The van der Waals surface area contributed by atoms with Gasteiger partial charge in [0.25, 0.3) is 0 Å². The Hall–Kier alpha value is -4.45. The van der Waals surface area contributed by atoms with Crippen LogP contribution in [0.4, 0.5) is 15.9 Å². The maximum Gasteiger partial charge on any atom is 0.211 e. The number of halogens is 1. The summed E-state index contributed by atoms with van der Waals surface area (Å²) in [6.07, 6.45) is 2.07. The van der Waals surface area contributed by atoms with E-state index in [0.717, 1.165) is 5.56 Å². The number of carbonyl (C=O) groups is 1. The number of carbonyl (C=O) groups excluding carboxylic acids is 1. The number of ether oxygens (including phenoxy) is 1. The van der Waals surface area contributed by atoms with E-state index in [1.807, 2.05) is 12.1 Å². The van der Waals surface area contributed by atoms with Gasteiger partial charge in [0.2, 0.25) is 6.41 Å². The molecule has 0 aliphatic carbocycles. The minimum Gasteiger partial charge on any atom is -0.496 e. The van der Waals surface area contributed by atoms with E-state index < -0.39 is 5.82 Å². The Labute approximate surface area is 183 Å². The maximum atomic E-state index is 14.5. The van der Waals surface area contributed by atoms with E-state index in [2.05, 4.69) is 26.7 Å². The fraction of sp³-hybridized carbons (Fsp3) is 0.130. The van der Waals surface area contributed by atoms with Gasteiger partial charge in [-0.25, -0.2) is 14.4 Å². The molecule has 2 N–H and O–H groups in total. The Kier molecular flexibility index (Phi) is 5.94. The molecule has 8 nitrogen and oxygen atoms in total. The van der Waals surface area contributed by atoms with Crippen LogP contribution in [0.5, 0.6) is 5.75 Å². The van der Waals surface area contributed by atoms with Crippen molar-refractivity contribution in [1.29, 1.82) is 5.26 Å². The zero-order valence-electron chi connectivity index (χ0n) is 17.2. The molecule has 0 saturated carbocycles. The molecule has 0 radical (unpaired) electrons. The number of amides is 1. The molecule has 2 heterocycles. The zero-order chi connectivity index (χ0) is 22.5. The number of hydrogen-bond acceptors (Lipinski definition) is 6. The van der Waals surface area contributed by atoms with Crippen LogP contribution in [0.2, 0.25) is 0 Å². The highest BCUT2D eigenvalue weighted by Gasteiger charge is 2.16. The molecule has 0 atom stereocenters. The van der Waals surface area contributed by atoms with Gasteiger partial charge in [0.15, 0.2) is 0 Å². The van der Waals surface area contributed by atoms with Crippen molar-refractivity contribution in [3.63, 3.8) is 0 Å². The van der Waals surface area contributed by atoms with Crippen LogP contribution < -0.4 is 15.4 Å². The second kappa shape index (κ2) is 9.14. The molecule has 0 aliphatic rings. The van der Waals surface area contributed by atoms with Crippen molar-refractivity contribution in [3.05, 3.63) is 66.4 Å². The first-order valence-corrected chi connectivity index (χ1v) is 9.77. The Balaban J connectivity index is 1.52. The van der Waals surface area contributed by atoms with Gasteiger partial charge < -0.3 is 19.9 Å². The van der Waals surface area contributed by atoms with Crippen molar-refractivity contribution < 1.29 is 13.9 Å². The number of rotatable bonds is 8. The minimum atomic E-state index is -0.417. The van der Waals surface area contributed by atoms with Gasteiger partial charge in [0, 0.05) is 35.8 Å². The second-order valence-corrected chi connectivity index (χ2v) is 6.86. The molecule has 160 valence electrons. The van der Waals surface area contributed by atoms with Crippen LogP contribution in [0.15, 0.2) is 54.9 Å². The minimum absolute atomic E-state index is 0.329. The maximum absolute atomic E-state index is 14.5. The summed E-state index contributed by atoms with van der Waals surface area (Å²) < 4.78 is 21.5. The van der Waals surface area contributed by atoms with E-state index in [-0.39, 0.29) is 0 Å². The summed E-state index contributed by atoms with van der Waals surface area (Å²) in [6, 6.07) is 15.7. The first kappa shape index (κ1) is 20.8. The Morgan fingerprint density at radius 2 is 2.00 bits per heavy atom. The molecule has 1 amide bonds. The molecule has 4 rings (SSSR count). The van der Waals surface area contributed by atoms with E-state index in [1.165, 1.54) is 19.5 Å². The topological polar surface area (TPSA) is 105 Å². The Bertz CT molecular complexity index is 1310. The Morgan fingerprint density at radius 3 is 2.72 bits per heavy atom. The monoisotopic (exact) mass is 430 g/mol. The van der Waals surface area contributed by atoms with Gasteiger partial charge in [-0.05, 0) is 30.3 Å². The van der Waals surface area contributed by atoms with Crippen molar-refractivity contribution in [2.75, 3.05) is 24.3 Å². The molecule has 0 saturated heterocycles. The lowest BCUT2D eigenvalue weighted by Crippen LogP contribution is -2.13. The van der Waals surface area contributed by atoms with E-state index in [1.54, 1.807) is 34.9 Å². The third-order valence-corrected chi connectivity index (χ3v) is 5.02. The summed E-state index contributed by atoms with van der Waals surface area (Å²) in [6.45, 7) is 0.760. The van der Waals surface area contributed by atoms with Gasteiger partial charge in [-0.3, -0.25) is 4.79 Å². The molecular weight excluding hydrogens is 411 g/mol. The molecule has 4 aromatic rings. The van der Waals surface area contributed by atoms with E-state index in [9.17, 15) is 14.4 Å². The molecular formula is C23H19FN6O2. The number of hydrogen-bond donors (Lipinski definition) is 2. The largest absolute Gasteiger partial charge is 0.496 e. The predicted molar refractivity (Wildman–Crippen MR) is 119 cm³/mol. The summed E-state index contributed by atoms with van der Waals surface area (Å²) in [5, 5.41) is 15.8. The fourth-order valence-corrected chi connectivity index (χ4v) is 3.53. The lowest BCUT2D eigenvalue weighted by Gasteiger charge is -2.11. The number of anilines is 2. The third-order valence-electron chi connectivity index (χ3n) is 5.02. The van der Waals surface area contributed by atoms with Crippen LogP contribution in [-0.2, 0) is 11.3 Å². The van der Waals surface area contributed by atoms with Gasteiger partial charge in [0.1, 0.15) is 35.5 Å². The zero-order valence-corrected chi connectivity index (χ0v) is 17.2. The summed E-state index contributed by atoms with van der Waals surface area (Å²) in [5.74, 6) is 0.691. The van der Waals surface area contributed by atoms with Crippen molar-refractivity contribution >= 4 is 28.8 Å². The average molecular weight is 430 g/mol. The van der Waals surface area contributed by atoms with Crippen LogP contribution in [0, 0.1) is 17.1 Å². The highest BCUT2D eigenvalue weighted by atomic mass is 19.1. The number of nitrogens with one attached hydrogen (secondary N) is 2. The molecule has 2 aromatic heterocycles. The smallest absolute Gasteiger partial charge is 0.211 e. The lowest BCUT2D eigenvalue weighted by molar-refractivity contribution is -0.105. The number of nitrogens with zero attached hydrogens (tertiary/aromatic N) is 4. The van der Waals surface area contributed by atoms with Crippen LogP contribution in [0.25, 0.3) is 22.2 Å². The van der Waals surface area contributed by atoms with Crippen molar-refractivity contribution in [2.45, 2.75) is 6.54 Å². The van der Waals surface area contributed by atoms with Crippen molar-refractivity contribution in [3.8, 4) is 23.1 Å². The highest BCUT2D eigenvalue weighted by molar-refractivity contribution is 5.88. The van der Waals surface area contributed by atoms with Crippen molar-refractivity contribution in [2.24, 2.45) is 0 Å². The third kappa shape index (κ3) is 4.06. The quantitative estimate of drug-likeness (QED) is 0.412. The van der Waals surface area contributed by atoms with Gasteiger partial charge in [-0.2, -0.15) is 5.26 Å². The normalized spacial score (nSPS) is 10.5. The standard InChI is InChI=1S/C23H19FN6O2/c1-32-21-7-6-19(24)23-18(21)10-17(12-25)30(23)9-8-26-22-11-20(27-13-28-22)15-2-4-16(5-3-15)29-14-31/h2-7,10-11,13-14H,8-9H2,1H3,(H,29,31)(H,26,27,28). The van der Waals surface area contributed by atoms with E-state index in [4.69, 9.17) is 4.74 Å². The highest BCUT2D eigenvalue weighted by Crippen LogP contribution is 2.31. The van der Waals surface area contributed by atoms with Crippen LogP contribution in [0.1, 0.15) is 5.69 Å². The van der Waals surface area contributed by atoms with Crippen LogP contribution in [0.3, 0.4) is 0 Å². The van der Waals surface area contributed by atoms with Crippen LogP contribution in [-0.4, -0.2) is 34.6 Å². The fourth-order valence-electron chi connectivity index (χ4n) is 3.53. The van der Waals surface area contributed by atoms with E-state index >= 15 is 0 Å². The summed E-state index contributed by atoms with van der Waals surface area (Å²) in [5.41, 5.74) is 2.93. The van der Waals surface area contributed by atoms with Gasteiger partial charge in [-0.15, -0.1) is 0 Å². The average Bonchev–Trinajstić information content (AvgIpc) is 3.20. The van der Waals surface area contributed by atoms with Gasteiger partial charge >= 0.3 is 0 Å². The second-order valence-electron chi connectivity index (χ2n) is 6.86. The first-order valence-electron chi connectivity index (χ1n) is 9.77. The SMILES string of the molecule is COc1ccc(F)c2c1cc(C#N)n2CCNc1cc(-c2ccc(NC=O)cc2)ncn1. The lowest BCUT2D eigenvalue weighted by atomic mass is 10.1. The van der Waals surface area contributed by atoms with Gasteiger partial charge in [-0.1, -0.05) is 12.1 Å². The molecule has 0 bridgehead atoms. The number of benzene rings is 2. The summed E-state index contributed by atoms with van der Waals surface area (Å²) in [4.78, 5) is 19.1. The summed E-state index contributed by atoms with van der Waals surface area (Å²) >= 11 is 0. The molecule has 9 heteroatoms. The predicted octanol–water partition coefficient (Wildman–Crippen LogP) is 3.80. The molecule has 32 heavy (non-hydrogen) atoms. The number of aromatic nitrogens is 3. The van der Waals surface area contributed by atoms with E-state index in [0.29, 0.717) is 59.0 Å². The number of fused-ring (bicyclic) bond motifs is 1. The first-order chi connectivity index (χ1) is 15.6. The van der Waals surface area contributed by atoms with Crippen molar-refractivity contribution in [1.82, 2.24) is 14.5 Å². The molecule has 0 unspecified atom stereocenters. The summed E-state index contributed by atoms with van der Waals surface area (Å²) in [7, 11) is 1.51. The molecule has 0 aliphatic heterocycles. The number of nitriles is 1. The van der Waals surface area contributed by atoms with Crippen LogP contribution >= 0.6 is 0 Å². The van der Waals surface area contributed by atoms with Gasteiger partial charge in [0.05, 0.1) is 18.3 Å².